The van der Waals surface area contributed by atoms with Crippen molar-refractivity contribution in [2.45, 2.75) is 18.7 Å². The van der Waals surface area contributed by atoms with E-state index in [1.165, 1.54) is 0 Å². The average Bonchev–Trinajstić information content (AvgIpc) is 2.36. The number of hydrogen-bond donors (Lipinski definition) is 2. The Morgan fingerprint density at radius 1 is 1.10 bits per heavy atom. The van der Waals surface area contributed by atoms with Crippen LogP contribution >= 0.6 is 15.9 Å². The monoisotopic (exact) mass is 354 g/mol. The lowest BCUT2D eigenvalue weighted by Gasteiger charge is -2.12. The van der Waals surface area contributed by atoms with Crippen LogP contribution in [0, 0.1) is 13.8 Å². The summed E-state index contributed by atoms with van der Waals surface area (Å²) in [6, 6.07) is 10.4. The molecule has 3 N–H and O–H groups in total. The molecule has 0 saturated carbocycles. The summed E-state index contributed by atoms with van der Waals surface area (Å²) in [4.78, 5) is 0.171. The topological polar surface area (TPSA) is 72.2 Å². The number of benzene rings is 2. The normalized spacial score (nSPS) is 11.3. The number of nitrogens with two attached hydrogens (primary N) is 1. The van der Waals surface area contributed by atoms with Crippen LogP contribution in [0.5, 0.6) is 0 Å². The lowest BCUT2D eigenvalue weighted by atomic mass is 10.2. The van der Waals surface area contributed by atoms with Gasteiger partial charge in [0.25, 0.3) is 10.0 Å². The summed E-state index contributed by atoms with van der Waals surface area (Å²) in [6.07, 6.45) is 0. The first-order valence-corrected chi connectivity index (χ1v) is 8.22. The Hall–Kier alpha value is -1.53. The third-order valence-corrected chi connectivity index (χ3v) is 4.92. The molecule has 0 heterocycles. The highest BCUT2D eigenvalue weighted by atomic mass is 79.9. The van der Waals surface area contributed by atoms with Gasteiger partial charge in [-0.1, -0.05) is 33.6 Å². The molecule has 0 aromatic heterocycles. The van der Waals surface area contributed by atoms with Crippen molar-refractivity contribution in [3.8, 4) is 0 Å². The minimum absolute atomic E-state index is 0.171. The Morgan fingerprint density at radius 3 is 2.30 bits per heavy atom. The van der Waals surface area contributed by atoms with E-state index in [0.717, 1.165) is 5.56 Å². The van der Waals surface area contributed by atoms with Gasteiger partial charge in [0.1, 0.15) is 0 Å². The van der Waals surface area contributed by atoms with Gasteiger partial charge in [-0.25, -0.2) is 8.42 Å². The first-order valence-electron chi connectivity index (χ1n) is 5.95. The molecule has 0 amide bonds. The zero-order valence-electron chi connectivity index (χ0n) is 11.1. The molecule has 0 radical (unpaired) electrons. The predicted octanol–water partition coefficient (Wildman–Crippen LogP) is 3.45. The lowest BCUT2D eigenvalue weighted by molar-refractivity contribution is 0.600. The number of sulfonamides is 1. The molecule has 2 aromatic rings. The van der Waals surface area contributed by atoms with E-state index in [-0.39, 0.29) is 4.90 Å². The molecule has 2 rings (SSSR count). The largest absolute Gasteiger partial charge is 0.398 e. The third-order valence-electron chi connectivity index (χ3n) is 2.96. The molecule has 0 bridgehead atoms. The molecule has 20 heavy (non-hydrogen) atoms. The molecule has 106 valence electrons. The van der Waals surface area contributed by atoms with Crippen LogP contribution < -0.4 is 10.5 Å². The number of nitrogens with one attached hydrogen (secondary N) is 1. The molecule has 0 aliphatic carbocycles. The second-order valence-electron chi connectivity index (χ2n) is 4.59. The van der Waals surface area contributed by atoms with E-state index in [4.69, 9.17) is 5.73 Å². The first-order chi connectivity index (χ1) is 9.29. The van der Waals surface area contributed by atoms with Gasteiger partial charge >= 0.3 is 0 Å². The van der Waals surface area contributed by atoms with Crippen molar-refractivity contribution in [2.24, 2.45) is 0 Å². The van der Waals surface area contributed by atoms with Crippen LogP contribution in [-0.2, 0) is 10.0 Å². The van der Waals surface area contributed by atoms with Crippen LogP contribution in [0.2, 0.25) is 0 Å². The maximum absolute atomic E-state index is 12.4. The van der Waals surface area contributed by atoms with Crippen LogP contribution in [0.4, 0.5) is 11.4 Å². The van der Waals surface area contributed by atoms with Crippen molar-refractivity contribution >= 4 is 37.3 Å². The average molecular weight is 355 g/mol. The number of hydrogen-bond acceptors (Lipinski definition) is 3. The third kappa shape index (κ3) is 3.13. The summed E-state index contributed by atoms with van der Waals surface area (Å²) in [6.45, 7) is 3.63. The van der Waals surface area contributed by atoms with Crippen LogP contribution in [0.15, 0.2) is 45.8 Å². The van der Waals surface area contributed by atoms with E-state index in [9.17, 15) is 8.42 Å². The van der Waals surface area contributed by atoms with Crippen LogP contribution in [-0.4, -0.2) is 8.42 Å². The summed E-state index contributed by atoms with van der Waals surface area (Å²) in [5.41, 5.74) is 8.37. The Kier molecular flexibility index (Phi) is 4.06. The molecular weight excluding hydrogens is 340 g/mol. The number of anilines is 2. The fraction of sp³-hybridized carbons (Fsp3) is 0.143. The maximum atomic E-state index is 12.4. The molecule has 2 aromatic carbocycles. The van der Waals surface area contributed by atoms with Crippen molar-refractivity contribution in [3.63, 3.8) is 0 Å². The van der Waals surface area contributed by atoms with Gasteiger partial charge in [-0.15, -0.1) is 0 Å². The first kappa shape index (κ1) is 14.9. The predicted molar refractivity (Wildman–Crippen MR) is 85.3 cm³/mol. The fourth-order valence-corrected chi connectivity index (χ4v) is 3.77. The van der Waals surface area contributed by atoms with E-state index in [1.54, 1.807) is 31.2 Å². The van der Waals surface area contributed by atoms with Gasteiger partial charge in [0.15, 0.2) is 0 Å². The molecule has 0 aliphatic rings. The summed E-state index contributed by atoms with van der Waals surface area (Å²) < 4.78 is 28.0. The van der Waals surface area contributed by atoms with E-state index >= 15 is 0 Å². The van der Waals surface area contributed by atoms with Crippen molar-refractivity contribution in [3.05, 3.63) is 52.0 Å². The maximum Gasteiger partial charge on any atom is 0.262 e. The highest BCUT2D eigenvalue weighted by molar-refractivity contribution is 9.10. The molecule has 4 nitrogen and oxygen atoms in total. The second kappa shape index (κ2) is 5.46. The standard InChI is InChI=1S/C14H15BrN2O2S/c1-9-3-5-12(6-4-9)17-20(18,19)14-8-11(15)7-13(16)10(14)2/h3-8,17H,16H2,1-2H3. The van der Waals surface area contributed by atoms with E-state index < -0.39 is 10.0 Å². The van der Waals surface area contributed by atoms with Gasteiger partial charge in [-0.2, -0.15) is 0 Å². The molecule has 0 unspecified atom stereocenters. The van der Waals surface area contributed by atoms with Gasteiger partial charge in [0.05, 0.1) is 4.90 Å². The Balaban J connectivity index is 2.43. The van der Waals surface area contributed by atoms with Crippen molar-refractivity contribution in [2.75, 3.05) is 10.5 Å². The highest BCUT2D eigenvalue weighted by Gasteiger charge is 2.19. The van der Waals surface area contributed by atoms with E-state index in [0.29, 0.717) is 21.4 Å². The van der Waals surface area contributed by atoms with Crippen LogP contribution in [0.3, 0.4) is 0 Å². The number of halogens is 1. The number of nitrogen functional groups attached to an aromatic ring is 1. The van der Waals surface area contributed by atoms with Gasteiger partial charge < -0.3 is 5.73 Å². The van der Waals surface area contributed by atoms with Gasteiger partial charge in [0.2, 0.25) is 0 Å². The molecule has 0 spiro atoms. The van der Waals surface area contributed by atoms with Gasteiger partial charge in [0, 0.05) is 15.8 Å². The molecule has 0 saturated heterocycles. The molecule has 6 heteroatoms. The zero-order chi connectivity index (χ0) is 14.9. The Labute approximate surface area is 127 Å². The smallest absolute Gasteiger partial charge is 0.262 e. The number of aryl methyl sites for hydroxylation is 1. The Bertz CT molecular complexity index is 741. The highest BCUT2D eigenvalue weighted by Crippen LogP contribution is 2.27. The summed E-state index contributed by atoms with van der Waals surface area (Å²) in [5.74, 6) is 0. The summed E-state index contributed by atoms with van der Waals surface area (Å²) >= 11 is 3.26. The molecule has 0 aliphatic heterocycles. The lowest BCUT2D eigenvalue weighted by Crippen LogP contribution is -2.15. The minimum Gasteiger partial charge on any atom is -0.398 e. The van der Waals surface area contributed by atoms with Crippen molar-refractivity contribution < 1.29 is 8.42 Å². The SMILES string of the molecule is Cc1ccc(NS(=O)(=O)c2cc(Br)cc(N)c2C)cc1. The van der Waals surface area contributed by atoms with Crippen molar-refractivity contribution in [1.29, 1.82) is 0 Å². The van der Waals surface area contributed by atoms with Gasteiger partial charge in [-0.3, -0.25) is 4.72 Å². The number of rotatable bonds is 3. The Morgan fingerprint density at radius 2 is 1.70 bits per heavy atom. The quantitative estimate of drug-likeness (QED) is 0.829. The fourth-order valence-electron chi connectivity index (χ4n) is 1.79. The summed E-state index contributed by atoms with van der Waals surface area (Å²) in [5, 5.41) is 0. The molecule has 0 fully saturated rings. The minimum atomic E-state index is -3.66. The summed E-state index contributed by atoms with van der Waals surface area (Å²) in [7, 11) is -3.66. The molecular formula is C14H15BrN2O2S. The van der Waals surface area contributed by atoms with Crippen LogP contribution in [0.1, 0.15) is 11.1 Å². The zero-order valence-corrected chi connectivity index (χ0v) is 13.5. The van der Waals surface area contributed by atoms with E-state index in [1.807, 2.05) is 19.1 Å². The van der Waals surface area contributed by atoms with E-state index in [2.05, 4.69) is 20.7 Å². The molecule has 0 atom stereocenters. The van der Waals surface area contributed by atoms with Gasteiger partial charge in [-0.05, 0) is 43.7 Å². The van der Waals surface area contributed by atoms with Crippen molar-refractivity contribution in [1.82, 2.24) is 0 Å². The second-order valence-corrected chi connectivity index (χ2v) is 7.16. The van der Waals surface area contributed by atoms with Crippen LogP contribution in [0.25, 0.3) is 0 Å².